The quantitative estimate of drug-likeness (QED) is 0.659. The lowest BCUT2D eigenvalue weighted by molar-refractivity contribution is -0.140. The maximum Gasteiger partial charge on any atom is 0.337 e. The van der Waals surface area contributed by atoms with Gasteiger partial charge in [0.05, 0.1) is 12.1 Å². The Labute approximate surface area is 124 Å². The van der Waals surface area contributed by atoms with E-state index in [-0.39, 0.29) is 12.6 Å². The highest BCUT2D eigenvalue weighted by atomic mass is 32.1. The topological polar surface area (TPSA) is 50.4 Å². The molecule has 0 bridgehead atoms. The smallest absolute Gasteiger partial charge is 0.337 e. The van der Waals surface area contributed by atoms with Crippen molar-refractivity contribution in [1.82, 2.24) is 10.6 Å². The standard InChI is InChI=1S/C15H18N2O2S/c1-9-4-10(2)6-12(5-9)8-19-14(18)13-7-16-15(20)17-11(13)3/h4-6H,7-8H2,1-3H3,(H2,16,17,20). The van der Waals surface area contributed by atoms with Gasteiger partial charge in [-0.1, -0.05) is 29.3 Å². The second-order valence-electron chi connectivity index (χ2n) is 4.98. The molecule has 1 aromatic rings. The molecule has 0 saturated heterocycles. The van der Waals surface area contributed by atoms with Crippen molar-refractivity contribution in [3.8, 4) is 0 Å². The molecule has 0 amide bonds. The van der Waals surface area contributed by atoms with Gasteiger partial charge in [0.15, 0.2) is 5.11 Å². The van der Waals surface area contributed by atoms with Crippen LogP contribution in [0.15, 0.2) is 29.5 Å². The number of allylic oxidation sites excluding steroid dienone is 1. The lowest BCUT2D eigenvalue weighted by atomic mass is 10.1. The van der Waals surface area contributed by atoms with Crippen LogP contribution in [-0.4, -0.2) is 17.6 Å². The van der Waals surface area contributed by atoms with E-state index in [1.165, 1.54) is 0 Å². The van der Waals surface area contributed by atoms with Crippen molar-refractivity contribution in [2.45, 2.75) is 27.4 Å². The fourth-order valence-corrected chi connectivity index (χ4v) is 2.43. The molecule has 0 aromatic heterocycles. The molecule has 0 atom stereocenters. The molecule has 1 aliphatic rings. The summed E-state index contributed by atoms with van der Waals surface area (Å²) in [6.07, 6.45) is 0. The van der Waals surface area contributed by atoms with E-state index >= 15 is 0 Å². The number of thiocarbonyl (C=S) groups is 1. The molecular weight excluding hydrogens is 272 g/mol. The normalized spacial score (nSPS) is 14.7. The first-order valence-corrected chi connectivity index (χ1v) is 6.85. The SMILES string of the molecule is CC1=C(C(=O)OCc2cc(C)cc(C)c2)CNC(=S)N1. The van der Waals surface area contributed by atoms with Gasteiger partial charge >= 0.3 is 5.97 Å². The second kappa shape index (κ2) is 6.05. The number of carbonyl (C=O) groups is 1. The summed E-state index contributed by atoms with van der Waals surface area (Å²) >= 11 is 4.98. The molecular formula is C15H18N2O2S. The number of esters is 1. The van der Waals surface area contributed by atoms with Crippen molar-refractivity contribution in [3.05, 3.63) is 46.2 Å². The fraction of sp³-hybridized carbons (Fsp3) is 0.333. The van der Waals surface area contributed by atoms with Crippen LogP contribution in [0.25, 0.3) is 0 Å². The lowest BCUT2D eigenvalue weighted by Gasteiger charge is -2.20. The van der Waals surface area contributed by atoms with E-state index in [0.29, 0.717) is 17.2 Å². The van der Waals surface area contributed by atoms with Gasteiger partial charge in [0.2, 0.25) is 0 Å². The van der Waals surface area contributed by atoms with Gasteiger partial charge in [0, 0.05) is 5.70 Å². The third-order valence-electron chi connectivity index (χ3n) is 3.08. The summed E-state index contributed by atoms with van der Waals surface area (Å²) in [5, 5.41) is 6.38. The Kier molecular flexibility index (Phi) is 4.39. The van der Waals surface area contributed by atoms with Crippen molar-refractivity contribution in [3.63, 3.8) is 0 Å². The third kappa shape index (κ3) is 3.57. The first-order valence-electron chi connectivity index (χ1n) is 6.44. The van der Waals surface area contributed by atoms with Crippen LogP contribution in [0.2, 0.25) is 0 Å². The van der Waals surface area contributed by atoms with Crippen LogP contribution in [0, 0.1) is 13.8 Å². The van der Waals surface area contributed by atoms with E-state index in [2.05, 4.69) is 16.7 Å². The van der Waals surface area contributed by atoms with Crippen LogP contribution >= 0.6 is 12.2 Å². The fourth-order valence-electron chi connectivity index (χ4n) is 2.20. The molecule has 1 aromatic carbocycles. The Balaban J connectivity index is 2.02. The highest BCUT2D eigenvalue weighted by Crippen LogP contribution is 2.12. The van der Waals surface area contributed by atoms with Crippen molar-refractivity contribution in [1.29, 1.82) is 0 Å². The maximum absolute atomic E-state index is 12.1. The van der Waals surface area contributed by atoms with E-state index in [4.69, 9.17) is 17.0 Å². The first-order chi connectivity index (χ1) is 9.45. The molecule has 2 rings (SSSR count). The van der Waals surface area contributed by atoms with Gasteiger partial charge in [0.25, 0.3) is 0 Å². The van der Waals surface area contributed by atoms with Gasteiger partial charge in [0.1, 0.15) is 6.61 Å². The number of ether oxygens (including phenoxy) is 1. The van der Waals surface area contributed by atoms with Crippen LogP contribution in [0.3, 0.4) is 0 Å². The summed E-state index contributed by atoms with van der Waals surface area (Å²) in [5.41, 5.74) is 4.67. The zero-order valence-corrected chi connectivity index (χ0v) is 12.7. The molecule has 0 radical (unpaired) electrons. The van der Waals surface area contributed by atoms with Gasteiger partial charge in [-0.25, -0.2) is 4.79 Å². The molecule has 1 heterocycles. The Morgan fingerprint density at radius 2 is 1.90 bits per heavy atom. The molecule has 1 aliphatic heterocycles. The van der Waals surface area contributed by atoms with Gasteiger partial charge in [-0.2, -0.15) is 0 Å². The number of hydrogen-bond donors (Lipinski definition) is 2. The molecule has 4 nitrogen and oxygen atoms in total. The highest BCUT2D eigenvalue weighted by molar-refractivity contribution is 7.80. The Morgan fingerprint density at radius 1 is 1.25 bits per heavy atom. The number of aryl methyl sites for hydroxylation is 2. The minimum Gasteiger partial charge on any atom is -0.457 e. The minimum absolute atomic E-state index is 0.280. The number of rotatable bonds is 3. The van der Waals surface area contributed by atoms with Crippen LogP contribution < -0.4 is 10.6 Å². The predicted octanol–water partition coefficient (Wildman–Crippen LogP) is 2.10. The molecule has 5 heteroatoms. The molecule has 0 fully saturated rings. The van der Waals surface area contributed by atoms with Crippen molar-refractivity contribution < 1.29 is 9.53 Å². The summed E-state index contributed by atoms with van der Waals surface area (Å²) in [6, 6.07) is 6.13. The Bertz CT molecular complexity index is 573. The summed E-state index contributed by atoms with van der Waals surface area (Å²) in [6.45, 7) is 6.56. The summed E-state index contributed by atoms with van der Waals surface area (Å²) < 4.78 is 5.36. The molecule has 0 aliphatic carbocycles. The molecule has 20 heavy (non-hydrogen) atoms. The molecule has 0 saturated carbocycles. The maximum atomic E-state index is 12.1. The minimum atomic E-state index is -0.316. The third-order valence-corrected chi connectivity index (χ3v) is 3.32. The summed E-state index contributed by atoms with van der Waals surface area (Å²) in [4.78, 5) is 12.1. The number of carbonyl (C=O) groups excluding carboxylic acids is 1. The van der Waals surface area contributed by atoms with Gasteiger partial charge in [-0.05, 0) is 38.6 Å². The number of hydrogen-bond acceptors (Lipinski definition) is 3. The first kappa shape index (κ1) is 14.5. The van der Waals surface area contributed by atoms with E-state index in [0.717, 1.165) is 22.4 Å². The van der Waals surface area contributed by atoms with Crippen molar-refractivity contribution in [2.75, 3.05) is 6.54 Å². The van der Waals surface area contributed by atoms with E-state index < -0.39 is 0 Å². The monoisotopic (exact) mass is 290 g/mol. The van der Waals surface area contributed by atoms with E-state index in [1.807, 2.05) is 32.9 Å². The van der Waals surface area contributed by atoms with E-state index in [1.54, 1.807) is 0 Å². The zero-order valence-electron chi connectivity index (χ0n) is 11.9. The van der Waals surface area contributed by atoms with Crippen molar-refractivity contribution >= 4 is 23.3 Å². The summed E-state index contributed by atoms with van der Waals surface area (Å²) in [5.74, 6) is -0.316. The molecule has 2 N–H and O–H groups in total. The molecule has 106 valence electrons. The summed E-state index contributed by atoms with van der Waals surface area (Å²) in [7, 11) is 0. The number of nitrogens with one attached hydrogen (secondary N) is 2. The van der Waals surface area contributed by atoms with Crippen LogP contribution in [0.4, 0.5) is 0 Å². The largest absolute Gasteiger partial charge is 0.457 e. The molecule has 0 spiro atoms. The molecule has 0 unspecified atom stereocenters. The zero-order chi connectivity index (χ0) is 14.7. The lowest BCUT2D eigenvalue weighted by Crippen LogP contribution is -2.42. The average molecular weight is 290 g/mol. The van der Waals surface area contributed by atoms with Crippen LogP contribution in [0.1, 0.15) is 23.6 Å². The van der Waals surface area contributed by atoms with Gasteiger partial charge < -0.3 is 15.4 Å². The van der Waals surface area contributed by atoms with Crippen LogP contribution in [0.5, 0.6) is 0 Å². The van der Waals surface area contributed by atoms with E-state index in [9.17, 15) is 4.79 Å². The van der Waals surface area contributed by atoms with Crippen LogP contribution in [-0.2, 0) is 16.1 Å². The van der Waals surface area contributed by atoms with Gasteiger partial charge in [-0.3, -0.25) is 0 Å². The second-order valence-corrected chi connectivity index (χ2v) is 5.39. The predicted molar refractivity (Wildman–Crippen MR) is 82.1 cm³/mol. The number of benzene rings is 1. The van der Waals surface area contributed by atoms with Crippen molar-refractivity contribution in [2.24, 2.45) is 0 Å². The average Bonchev–Trinajstić information content (AvgIpc) is 2.35. The Hall–Kier alpha value is -1.88. The highest BCUT2D eigenvalue weighted by Gasteiger charge is 2.19. The van der Waals surface area contributed by atoms with Gasteiger partial charge in [-0.15, -0.1) is 0 Å². The Morgan fingerprint density at radius 3 is 2.50 bits per heavy atom.